The molecule has 0 aromatic carbocycles. The number of hydrogen-bond acceptors (Lipinski definition) is 2. The smallest absolute Gasteiger partial charge is 0.111 e. The average Bonchev–Trinajstić information content (AvgIpc) is 1.64. The van der Waals surface area contributed by atoms with Crippen LogP contribution in [0.4, 0.5) is 0 Å². The summed E-state index contributed by atoms with van der Waals surface area (Å²) in [4.78, 5) is 0. The number of rotatable bonds is 2. The van der Waals surface area contributed by atoms with Crippen LogP contribution in [0.25, 0.3) is 0 Å². The van der Waals surface area contributed by atoms with Crippen LogP contribution in [-0.4, -0.2) is 23.9 Å². The van der Waals surface area contributed by atoms with Gasteiger partial charge >= 0.3 is 0 Å². The first-order valence-electron chi connectivity index (χ1n) is 3.07. The Hall–Kier alpha value is -0.0800. The summed E-state index contributed by atoms with van der Waals surface area (Å²) in [6, 6.07) is 0. The van der Waals surface area contributed by atoms with Crippen LogP contribution in [0.1, 0.15) is 19.8 Å². The molecule has 2 heteroatoms. The van der Waals surface area contributed by atoms with Gasteiger partial charge in [-0.2, -0.15) is 0 Å². The fourth-order valence-electron chi connectivity index (χ4n) is 0.947. The fourth-order valence-corrected chi connectivity index (χ4v) is 0.947. The topological polar surface area (TPSA) is 29.5 Å². The van der Waals surface area contributed by atoms with Crippen LogP contribution >= 0.6 is 0 Å². The van der Waals surface area contributed by atoms with Crippen LogP contribution in [0.3, 0.4) is 0 Å². The van der Waals surface area contributed by atoms with Gasteiger partial charge in [-0.05, 0) is 6.42 Å². The van der Waals surface area contributed by atoms with Crippen molar-refractivity contribution in [1.82, 2.24) is 0 Å². The van der Waals surface area contributed by atoms with Gasteiger partial charge in [0.25, 0.3) is 0 Å². The highest BCUT2D eigenvalue weighted by molar-refractivity contribution is 4.83. The van der Waals surface area contributed by atoms with E-state index in [2.05, 4.69) is 6.92 Å². The zero-order chi connectivity index (χ0) is 6.04. The molecule has 8 heavy (non-hydrogen) atoms. The Bertz CT molecular complexity index is 76.6. The molecular weight excluding hydrogens is 104 g/mol. The summed E-state index contributed by atoms with van der Waals surface area (Å²) in [6.07, 6.45) is 1.92. The maximum absolute atomic E-state index is 9.28. The van der Waals surface area contributed by atoms with E-state index in [0.717, 1.165) is 12.8 Å². The van der Waals surface area contributed by atoms with Gasteiger partial charge in [-0.15, -0.1) is 0 Å². The molecule has 1 aliphatic rings. The van der Waals surface area contributed by atoms with Crippen LogP contribution in [-0.2, 0) is 4.74 Å². The number of ether oxygens (including phenoxy) is 1. The first-order chi connectivity index (χ1) is 3.77. The Morgan fingerprint density at radius 2 is 2.25 bits per heavy atom. The van der Waals surface area contributed by atoms with E-state index < -0.39 is 5.60 Å². The van der Waals surface area contributed by atoms with Gasteiger partial charge in [0.15, 0.2) is 0 Å². The molecule has 0 atom stereocenters. The predicted octanol–water partition coefficient (Wildman–Crippen LogP) is 0.548. The van der Waals surface area contributed by atoms with Crippen LogP contribution in [0.5, 0.6) is 0 Å². The maximum Gasteiger partial charge on any atom is 0.111 e. The molecular formula is C6H12O2. The van der Waals surface area contributed by atoms with Crippen LogP contribution in [0, 0.1) is 0 Å². The molecule has 1 N–H and O–H groups in total. The highest BCUT2D eigenvalue weighted by Gasteiger charge is 2.34. The molecule has 0 unspecified atom stereocenters. The molecule has 0 radical (unpaired) electrons. The first kappa shape index (κ1) is 6.05. The Morgan fingerprint density at radius 1 is 1.62 bits per heavy atom. The summed E-state index contributed by atoms with van der Waals surface area (Å²) in [5.74, 6) is 0. The summed E-state index contributed by atoms with van der Waals surface area (Å²) < 4.78 is 4.84. The second kappa shape index (κ2) is 2.03. The van der Waals surface area contributed by atoms with Crippen molar-refractivity contribution in [3.8, 4) is 0 Å². The molecule has 0 amide bonds. The van der Waals surface area contributed by atoms with E-state index >= 15 is 0 Å². The monoisotopic (exact) mass is 116 g/mol. The molecule has 1 saturated heterocycles. The zero-order valence-electron chi connectivity index (χ0n) is 5.18. The largest absolute Gasteiger partial charge is 0.385 e. The lowest BCUT2D eigenvalue weighted by Crippen LogP contribution is -2.49. The minimum atomic E-state index is -0.450. The summed E-state index contributed by atoms with van der Waals surface area (Å²) in [7, 11) is 0. The second-order valence-corrected chi connectivity index (χ2v) is 2.47. The quantitative estimate of drug-likeness (QED) is 0.570. The zero-order valence-corrected chi connectivity index (χ0v) is 5.18. The molecule has 2 nitrogen and oxygen atoms in total. The van der Waals surface area contributed by atoms with E-state index in [4.69, 9.17) is 4.74 Å². The third-order valence-electron chi connectivity index (χ3n) is 1.46. The molecule has 0 aliphatic carbocycles. The van der Waals surface area contributed by atoms with Crippen molar-refractivity contribution in [3.63, 3.8) is 0 Å². The predicted molar refractivity (Wildman–Crippen MR) is 30.7 cm³/mol. The van der Waals surface area contributed by atoms with E-state index in [-0.39, 0.29) is 0 Å². The van der Waals surface area contributed by atoms with E-state index in [0.29, 0.717) is 13.2 Å². The second-order valence-electron chi connectivity index (χ2n) is 2.47. The van der Waals surface area contributed by atoms with Gasteiger partial charge in [0.1, 0.15) is 5.60 Å². The molecule has 1 heterocycles. The number of hydrogen-bond donors (Lipinski definition) is 1. The minimum Gasteiger partial charge on any atom is -0.385 e. The molecule has 48 valence electrons. The lowest BCUT2D eigenvalue weighted by atomic mass is 9.97. The van der Waals surface area contributed by atoms with Crippen molar-refractivity contribution in [1.29, 1.82) is 0 Å². The van der Waals surface area contributed by atoms with Gasteiger partial charge < -0.3 is 9.84 Å². The van der Waals surface area contributed by atoms with Gasteiger partial charge in [-0.1, -0.05) is 13.3 Å². The van der Waals surface area contributed by atoms with Crippen molar-refractivity contribution < 1.29 is 9.84 Å². The van der Waals surface area contributed by atoms with Gasteiger partial charge in [0.2, 0.25) is 0 Å². The third-order valence-corrected chi connectivity index (χ3v) is 1.46. The van der Waals surface area contributed by atoms with Crippen LogP contribution < -0.4 is 0 Å². The maximum atomic E-state index is 9.28. The molecule has 1 fully saturated rings. The van der Waals surface area contributed by atoms with Crippen LogP contribution in [0.15, 0.2) is 0 Å². The van der Waals surface area contributed by atoms with Crippen molar-refractivity contribution in [2.45, 2.75) is 25.4 Å². The molecule has 0 aromatic heterocycles. The van der Waals surface area contributed by atoms with Gasteiger partial charge in [0.05, 0.1) is 13.2 Å². The highest BCUT2D eigenvalue weighted by Crippen LogP contribution is 2.21. The summed E-state index contributed by atoms with van der Waals surface area (Å²) >= 11 is 0. The number of aliphatic hydroxyl groups is 1. The Labute approximate surface area is 49.5 Å². The first-order valence-corrected chi connectivity index (χ1v) is 3.07. The summed E-state index contributed by atoms with van der Waals surface area (Å²) in [5, 5.41) is 9.28. The van der Waals surface area contributed by atoms with Crippen molar-refractivity contribution >= 4 is 0 Å². The molecule has 0 aromatic rings. The summed E-state index contributed by atoms with van der Waals surface area (Å²) in [6.45, 7) is 3.15. The highest BCUT2D eigenvalue weighted by atomic mass is 16.5. The Balaban J connectivity index is 2.20. The van der Waals surface area contributed by atoms with Crippen molar-refractivity contribution in [3.05, 3.63) is 0 Å². The third kappa shape index (κ3) is 1.01. The minimum absolute atomic E-state index is 0.450. The van der Waals surface area contributed by atoms with E-state index in [9.17, 15) is 5.11 Å². The fraction of sp³-hybridized carbons (Fsp3) is 1.00. The molecule has 0 saturated carbocycles. The normalized spacial score (nSPS) is 24.8. The standard InChI is InChI=1S/C6H12O2/c1-2-3-6(7)4-8-5-6/h7H,2-5H2,1H3. The molecule has 0 bridgehead atoms. The Kier molecular flexibility index (Phi) is 1.54. The van der Waals surface area contributed by atoms with Crippen LogP contribution in [0.2, 0.25) is 0 Å². The van der Waals surface area contributed by atoms with Crippen molar-refractivity contribution in [2.24, 2.45) is 0 Å². The molecule has 0 spiro atoms. The lowest BCUT2D eigenvalue weighted by Gasteiger charge is -2.35. The molecule has 1 rings (SSSR count). The Morgan fingerprint density at radius 3 is 2.38 bits per heavy atom. The van der Waals surface area contributed by atoms with Gasteiger partial charge in [-0.3, -0.25) is 0 Å². The van der Waals surface area contributed by atoms with Gasteiger partial charge in [-0.25, -0.2) is 0 Å². The summed E-state index contributed by atoms with van der Waals surface area (Å²) in [5.41, 5.74) is -0.450. The molecule has 1 aliphatic heterocycles. The van der Waals surface area contributed by atoms with E-state index in [1.54, 1.807) is 0 Å². The van der Waals surface area contributed by atoms with Gasteiger partial charge in [0, 0.05) is 0 Å². The SMILES string of the molecule is CCCC1(O)COC1. The van der Waals surface area contributed by atoms with E-state index in [1.807, 2.05) is 0 Å². The van der Waals surface area contributed by atoms with E-state index in [1.165, 1.54) is 0 Å². The average molecular weight is 116 g/mol. The van der Waals surface area contributed by atoms with Crippen molar-refractivity contribution in [2.75, 3.05) is 13.2 Å². The lowest BCUT2D eigenvalue weighted by molar-refractivity contribution is -0.181.